The van der Waals surface area contributed by atoms with Gasteiger partial charge in [0.2, 0.25) is 0 Å². The first-order valence-electron chi connectivity index (χ1n) is 6.90. The summed E-state index contributed by atoms with van der Waals surface area (Å²) in [4.78, 5) is 12.2. The zero-order chi connectivity index (χ0) is 15.0. The Kier molecular flexibility index (Phi) is 3.98. The average molecular weight is 334 g/mol. The monoisotopic (exact) mass is 333 g/mol. The van der Waals surface area contributed by atoms with Crippen molar-refractivity contribution < 1.29 is 22.7 Å². The summed E-state index contributed by atoms with van der Waals surface area (Å²) in [5, 5.41) is 0. The van der Waals surface area contributed by atoms with Crippen molar-refractivity contribution >= 4 is 25.7 Å². The van der Waals surface area contributed by atoms with Crippen LogP contribution in [0.3, 0.4) is 0 Å². The highest BCUT2D eigenvalue weighted by Gasteiger charge is 2.29. The molecule has 1 saturated heterocycles. The Labute approximate surface area is 127 Å². The van der Waals surface area contributed by atoms with Crippen LogP contribution in [0.5, 0.6) is 0 Å². The molecule has 1 aromatic heterocycles. The smallest absolute Gasteiger partial charge is 0.355 e. The molecule has 8 heteroatoms. The van der Waals surface area contributed by atoms with Crippen molar-refractivity contribution in [3.05, 3.63) is 18.0 Å². The summed E-state index contributed by atoms with van der Waals surface area (Å²) in [6.07, 6.45) is 5.16. The van der Waals surface area contributed by atoms with Crippen molar-refractivity contribution in [1.82, 2.24) is 4.57 Å². The highest BCUT2D eigenvalue weighted by Crippen LogP contribution is 2.33. The second-order valence-corrected chi connectivity index (χ2v) is 7.98. The molecule has 0 N–H and O–H groups in total. The number of hydrogen-bond donors (Lipinski definition) is 0. The topological polar surface area (TPSA) is 74.6 Å². The predicted octanol–water partition coefficient (Wildman–Crippen LogP) is 2.09. The van der Waals surface area contributed by atoms with Crippen LogP contribution in [-0.4, -0.2) is 38.3 Å². The van der Waals surface area contributed by atoms with E-state index in [2.05, 4.69) is 0 Å². The Morgan fingerprint density at radius 2 is 2.00 bits per heavy atom. The second kappa shape index (κ2) is 5.62. The normalized spacial score (nSPS) is 20.4. The average Bonchev–Trinajstić information content (AvgIpc) is 2.99. The highest BCUT2D eigenvalue weighted by atomic mass is 35.7. The minimum Gasteiger partial charge on any atom is -0.453 e. The molecule has 0 unspecified atom stereocenters. The van der Waals surface area contributed by atoms with Crippen LogP contribution in [0.2, 0.25) is 0 Å². The Morgan fingerprint density at radius 3 is 2.52 bits per heavy atom. The van der Waals surface area contributed by atoms with E-state index in [0.29, 0.717) is 13.2 Å². The lowest BCUT2D eigenvalue weighted by Crippen LogP contribution is -2.38. The molecule has 1 aromatic rings. The highest BCUT2D eigenvalue weighted by molar-refractivity contribution is 8.13. The Balaban J connectivity index is 1.91. The largest absolute Gasteiger partial charge is 0.453 e. The van der Waals surface area contributed by atoms with Crippen LogP contribution in [0.4, 0.5) is 0 Å². The van der Waals surface area contributed by atoms with E-state index < -0.39 is 15.0 Å². The summed E-state index contributed by atoms with van der Waals surface area (Å²) in [6.45, 7) is 0.771. The molecular weight excluding hydrogens is 318 g/mol. The van der Waals surface area contributed by atoms with Crippen LogP contribution in [0.25, 0.3) is 0 Å². The number of rotatable bonds is 4. The molecule has 2 heterocycles. The molecule has 116 valence electrons. The van der Waals surface area contributed by atoms with Gasteiger partial charge in [0.25, 0.3) is 9.05 Å². The number of hydrogen-bond acceptors (Lipinski definition) is 5. The molecule has 0 bridgehead atoms. The van der Waals surface area contributed by atoms with Crippen LogP contribution in [0.1, 0.15) is 42.2 Å². The van der Waals surface area contributed by atoms with Crippen molar-refractivity contribution in [2.24, 2.45) is 0 Å². The molecule has 21 heavy (non-hydrogen) atoms. The van der Waals surface area contributed by atoms with E-state index in [1.807, 2.05) is 0 Å². The van der Waals surface area contributed by atoms with Gasteiger partial charge in [-0.2, -0.15) is 0 Å². The number of nitrogens with zero attached hydrogens (tertiary/aromatic N) is 1. The summed E-state index contributed by atoms with van der Waals surface area (Å²) in [5.41, 5.74) is 0.244. The number of halogens is 1. The SMILES string of the molecule is O=C(OC1COC1)c1cc(S(=O)(=O)Cl)cn1C1CCCC1. The Hall–Kier alpha value is -1.05. The quantitative estimate of drug-likeness (QED) is 0.623. The van der Waals surface area contributed by atoms with Crippen molar-refractivity contribution in [2.45, 2.75) is 42.7 Å². The van der Waals surface area contributed by atoms with Gasteiger partial charge in [0, 0.05) is 22.9 Å². The maximum absolute atomic E-state index is 12.2. The molecule has 0 radical (unpaired) electrons. The molecule has 3 rings (SSSR count). The first-order valence-corrected chi connectivity index (χ1v) is 9.21. The van der Waals surface area contributed by atoms with Gasteiger partial charge in [-0.25, -0.2) is 13.2 Å². The van der Waals surface area contributed by atoms with Crippen molar-refractivity contribution in [3.8, 4) is 0 Å². The third-order valence-electron chi connectivity index (χ3n) is 3.91. The standard InChI is InChI=1S/C13H16ClNO5S/c14-21(17,18)11-5-12(13(16)20-10-7-19-8-10)15(6-11)9-3-1-2-4-9/h5-6,9-10H,1-4,7-8H2. The predicted molar refractivity (Wildman–Crippen MR) is 75.0 cm³/mol. The maximum Gasteiger partial charge on any atom is 0.355 e. The third kappa shape index (κ3) is 3.09. The first-order chi connectivity index (χ1) is 9.95. The van der Waals surface area contributed by atoms with Crippen molar-refractivity contribution in [2.75, 3.05) is 13.2 Å². The number of ether oxygens (including phenoxy) is 2. The summed E-state index contributed by atoms with van der Waals surface area (Å²) < 4.78 is 34.9. The lowest BCUT2D eigenvalue weighted by atomic mass is 10.2. The maximum atomic E-state index is 12.2. The van der Waals surface area contributed by atoms with E-state index >= 15 is 0 Å². The molecule has 2 aliphatic rings. The second-order valence-electron chi connectivity index (χ2n) is 5.41. The van der Waals surface area contributed by atoms with Gasteiger partial charge in [-0.05, 0) is 18.9 Å². The van der Waals surface area contributed by atoms with Crippen LogP contribution >= 0.6 is 10.7 Å². The van der Waals surface area contributed by atoms with E-state index in [9.17, 15) is 13.2 Å². The summed E-state index contributed by atoms with van der Waals surface area (Å²) >= 11 is 0. The fourth-order valence-electron chi connectivity index (χ4n) is 2.73. The minimum absolute atomic E-state index is 0.0622. The van der Waals surface area contributed by atoms with Crippen LogP contribution < -0.4 is 0 Å². The van der Waals surface area contributed by atoms with Gasteiger partial charge in [0.15, 0.2) is 0 Å². The van der Waals surface area contributed by atoms with E-state index in [4.69, 9.17) is 20.2 Å². The zero-order valence-corrected chi connectivity index (χ0v) is 12.9. The van der Waals surface area contributed by atoms with Crippen LogP contribution in [-0.2, 0) is 18.5 Å². The summed E-state index contributed by atoms with van der Waals surface area (Å²) in [6, 6.07) is 1.42. The van der Waals surface area contributed by atoms with E-state index in [1.54, 1.807) is 4.57 Å². The summed E-state index contributed by atoms with van der Waals surface area (Å²) in [5.74, 6) is -0.526. The fourth-order valence-corrected chi connectivity index (χ4v) is 3.47. The molecule has 1 aliphatic carbocycles. The summed E-state index contributed by atoms with van der Waals surface area (Å²) in [7, 11) is 1.52. The van der Waals surface area contributed by atoms with Crippen molar-refractivity contribution in [3.63, 3.8) is 0 Å². The van der Waals surface area contributed by atoms with Gasteiger partial charge in [0.1, 0.15) is 16.7 Å². The van der Waals surface area contributed by atoms with E-state index in [0.717, 1.165) is 25.7 Å². The zero-order valence-electron chi connectivity index (χ0n) is 11.3. The number of carbonyl (C=O) groups excluding carboxylic acids is 1. The van der Waals surface area contributed by atoms with Crippen molar-refractivity contribution in [1.29, 1.82) is 0 Å². The lowest BCUT2D eigenvalue weighted by Gasteiger charge is -2.26. The molecule has 1 saturated carbocycles. The third-order valence-corrected chi connectivity index (χ3v) is 5.23. The molecule has 1 aliphatic heterocycles. The van der Waals surface area contributed by atoms with Gasteiger partial charge in [-0.1, -0.05) is 12.8 Å². The number of aromatic nitrogens is 1. The minimum atomic E-state index is -3.87. The first kappa shape index (κ1) is 14.9. The van der Waals surface area contributed by atoms with Gasteiger partial charge >= 0.3 is 5.97 Å². The Morgan fingerprint density at radius 1 is 1.33 bits per heavy atom. The van der Waals surface area contributed by atoms with Gasteiger partial charge in [-0.3, -0.25) is 0 Å². The van der Waals surface area contributed by atoms with Gasteiger partial charge < -0.3 is 14.0 Å². The lowest BCUT2D eigenvalue weighted by molar-refractivity contribution is -0.104. The molecule has 6 nitrogen and oxygen atoms in total. The molecule has 0 amide bonds. The number of esters is 1. The molecule has 2 fully saturated rings. The molecule has 0 atom stereocenters. The van der Waals surface area contributed by atoms with Crippen LogP contribution in [0, 0.1) is 0 Å². The molecule has 0 spiro atoms. The van der Waals surface area contributed by atoms with Gasteiger partial charge in [0.05, 0.1) is 13.2 Å². The van der Waals surface area contributed by atoms with Crippen LogP contribution in [0.15, 0.2) is 17.2 Å². The van der Waals surface area contributed by atoms with E-state index in [-0.39, 0.29) is 22.7 Å². The fraction of sp³-hybridized carbons (Fsp3) is 0.615. The molecular formula is C13H16ClNO5S. The van der Waals surface area contributed by atoms with Gasteiger partial charge in [-0.15, -0.1) is 0 Å². The molecule has 0 aromatic carbocycles. The number of carbonyl (C=O) groups is 1. The Bertz CT molecular complexity index is 644. The van der Waals surface area contributed by atoms with E-state index in [1.165, 1.54) is 12.3 Å².